The van der Waals surface area contributed by atoms with Crippen molar-refractivity contribution in [3.8, 4) is 5.75 Å². The smallest absolute Gasteiger partial charge is 0.243 e. The van der Waals surface area contributed by atoms with E-state index in [0.717, 1.165) is 50.2 Å². The van der Waals surface area contributed by atoms with Gasteiger partial charge in [-0.2, -0.15) is 9.40 Å². The molecule has 2 atom stereocenters. The van der Waals surface area contributed by atoms with Crippen LogP contribution in [0, 0.1) is 11.8 Å². The van der Waals surface area contributed by atoms with Gasteiger partial charge in [-0.05, 0) is 67.6 Å². The lowest BCUT2D eigenvalue weighted by molar-refractivity contribution is 0.259. The Morgan fingerprint density at radius 1 is 1.14 bits per heavy atom. The topological polar surface area (TPSA) is 67.7 Å². The van der Waals surface area contributed by atoms with Gasteiger partial charge in [0.05, 0.1) is 17.2 Å². The second kappa shape index (κ2) is 7.41. The Hall–Kier alpha value is -1.90. The molecular formula is C21H28N4O3S. The molecule has 0 aliphatic carbocycles. The number of aryl methyl sites for hydroxylation is 1. The Kier molecular flexibility index (Phi) is 4.88. The number of sulfonamides is 1. The molecule has 29 heavy (non-hydrogen) atoms. The summed E-state index contributed by atoms with van der Waals surface area (Å²) in [6, 6.07) is 7.38. The second-order valence-electron chi connectivity index (χ2n) is 8.51. The summed E-state index contributed by atoms with van der Waals surface area (Å²) in [7, 11) is -1.46. The maximum Gasteiger partial charge on any atom is 0.243 e. The van der Waals surface area contributed by atoms with Crippen LogP contribution in [0.1, 0.15) is 24.1 Å². The molecule has 0 radical (unpaired) electrons. The molecule has 2 aromatic rings. The Bertz CT molecular complexity index is 987. The highest BCUT2D eigenvalue weighted by Crippen LogP contribution is 2.36. The Labute approximate surface area is 172 Å². The third-order valence-corrected chi connectivity index (χ3v) is 8.61. The number of rotatable bonds is 4. The zero-order valence-electron chi connectivity index (χ0n) is 16.8. The van der Waals surface area contributed by atoms with Crippen molar-refractivity contribution >= 4 is 10.0 Å². The Morgan fingerprint density at radius 2 is 1.90 bits per heavy atom. The highest BCUT2D eigenvalue weighted by molar-refractivity contribution is 7.89. The molecule has 0 saturated carbocycles. The lowest BCUT2D eigenvalue weighted by Gasteiger charge is -2.22. The van der Waals surface area contributed by atoms with Gasteiger partial charge < -0.3 is 4.74 Å². The molecule has 2 fully saturated rings. The summed E-state index contributed by atoms with van der Waals surface area (Å²) < 4.78 is 35.7. The number of hydrogen-bond donors (Lipinski definition) is 0. The van der Waals surface area contributed by atoms with E-state index < -0.39 is 10.0 Å². The lowest BCUT2D eigenvalue weighted by Crippen LogP contribution is -2.31. The van der Waals surface area contributed by atoms with E-state index in [9.17, 15) is 8.42 Å². The fraction of sp³-hybridized carbons (Fsp3) is 0.571. The van der Waals surface area contributed by atoms with Crippen LogP contribution in [0.3, 0.4) is 0 Å². The van der Waals surface area contributed by atoms with Gasteiger partial charge in [-0.3, -0.25) is 9.58 Å². The largest absolute Gasteiger partial charge is 0.493 e. The highest BCUT2D eigenvalue weighted by Gasteiger charge is 2.40. The van der Waals surface area contributed by atoms with E-state index in [1.165, 1.54) is 5.69 Å². The van der Waals surface area contributed by atoms with Gasteiger partial charge in [0.25, 0.3) is 0 Å². The molecule has 2 saturated heterocycles. The van der Waals surface area contributed by atoms with Crippen LogP contribution in [0.25, 0.3) is 0 Å². The summed E-state index contributed by atoms with van der Waals surface area (Å²) in [6.45, 7) is 4.85. The number of aromatic nitrogens is 2. The number of hydrogen-bond acceptors (Lipinski definition) is 5. The first-order valence-corrected chi connectivity index (χ1v) is 11.9. The molecule has 0 N–H and O–H groups in total. The molecule has 8 heteroatoms. The minimum Gasteiger partial charge on any atom is -0.493 e. The summed E-state index contributed by atoms with van der Waals surface area (Å²) >= 11 is 0. The molecule has 1 aromatic carbocycles. The molecule has 4 heterocycles. The Balaban J connectivity index is 1.25. The van der Waals surface area contributed by atoms with Crippen LogP contribution in [0.4, 0.5) is 0 Å². The zero-order chi connectivity index (χ0) is 20.0. The van der Waals surface area contributed by atoms with E-state index >= 15 is 0 Å². The van der Waals surface area contributed by atoms with Crippen LogP contribution in [-0.2, 0) is 30.0 Å². The molecule has 0 amide bonds. The van der Waals surface area contributed by atoms with Crippen molar-refractivity contribution in [3.05, 3.63) is 41.7 Å². The molecule has 0 unspecified atom stereocenters. The normalized spacial score (nSPS) is 25.4. The third kappa shape index (κ3) is 3.58. The average Bonchev–Trinajstić information content (AvgIpc) is 3.41. The first kappa shape index (κ1) is 19.1. The van der Waals surface area contributed by atoms with E-state index in [2.05, 4.69) is 16.1 Å². The van der Waals surface area contributed by atoms with Crippen LogP contribution in [0.5, 0.6) is 5.75 Å². The van der Waals surface area contributed by atoms with Gasteiger partial charge in [0.1, 0.15) is 5.75 Å². The van der Waals surface area contributed by atoms with Gasteiger partial charge in [0.15, 0.2) is 0 Å². The summed E-state index contributed by atoms with van der Waals surface area (Å²) in [5, 5.41) is 4.26. The van der Waals surface area contributed by atoms with Crippen molar-refractivity contribution < 1.29 is 13.2 Å². The zero-order valence-corrected chi connectivity index (χ0v) is 17.6. The summed E-state index contributed by atoms with van der Waals surface area (Å²) in [4.78, 5) is 2.89. The highest BCUT2D eigenvalue weighted by atomic mass is 32.2. The van der Waals surface area contributed by atoms with E-state index in [1.54, 1.807) is 16.4 Å². The second-order valence-corrected chi connectivity index (χ2v) is 10.4. The number of fused-ring (bicyclic) bond motifs is 2. The van der Waals surface area contributed by atoms with Gasteiger partial charge in [-0.25, -0.2) is 8.42 Å². The van der Waals surface area contributed by atoms with Gasteiger partial charge in [0.2, 0.25) is 10.0 Å². The molecule has 156 valence electrons. The first-order valence-electron chi connectivity index (χ1n) is 10.5. The van der Waals surface area contributed by atoms with Crippen molar-refractivity contribution in [1.82, 2.24) is 19.0 Å². The standard InChI is InChI=1S/C21H28N4O3S/c1-23-19(4-8-22-23)15-24-9-5-17-13-25(14-18(17)6-10-24)29(26,27)20-2-3-21-16(12-20)7-11-28-21/h2-4,8,12,17-18H,5-7,9-11,13-15H2,1H3/t17-,18+. The van der Waals surface area contributed by atoms with Gasteiger partial charge in [-0.1, -0.05) is 0 Å². The van der Waals surface area contributed by atoms with Crippen LogP contribution in [0.2, 0.25) is 0 Å². The Morgan fingerprint density at radius 3 is 2.59 bits per heavy atom. The van der Waals surface area contributed by atoms with Crippen LogP contribution in [0.15, 0.2) is 35.4 Å². The number of benzene rings is 1. The maximum atomic E-state index is 13.2. The van der Waals surface area contributed by atoms with E-state index in [0.29, 0.717) is 36.4 Å². The predicted octanol–water partition coefficient (Wildman–Crippen LogP) is 1.89. The van der Waals surface area contributed by atoms with Gasteiger partial charge >= 0.3 is 0 Å². The molecule has 7 nitrogen and oxygen atoms in total. The monoisotopic (exact) mass is 416 g/mol. The van der Waals surface area contributed by atoms with Crippen LogP contribution in [-0.4, -0.2) is 60.2 Å². The molecule has 3 aliphatic heterocycles. The molecule has 5 rings (SSSR count). The minimum absolute atomic E-state index is 0.413. The predicted molar refractivity (Wildman–Crippen MR) is 109 cm³/mol. The van der Waals surface area contributed by atoms with Crippen LogP contribution < -0.4 is 4.74 Å². The summed E-state index contributed by atoms with van der Waals surface area (Å²) in [5.74, 6) is 1.71. The number of nitrogens with zero attached hydrogens (tertiary/aromatic N) is 4. The summed E-state index contributed by atoms with van der Waals surface area (Å²) in [6.07, 6.45) is 4.73. The fourth-order valence-corrected chi connectivity index (χ4v) is 6.58. The van der Waals surface area contributed by atoms with E-state index in [4.69, 9.17) is 4.74 Å². The minimum atomic E-state index is -3.44. The van der Waals surface area contributed by atoms with Crippen molar-refractivity contribution in [1.29, 1.82) is 0 Å². The molecule has 0 spiro atoms. The quantitative estimate of drug-likeness (QED) is 0.761. The van der Waals surface area contributed by atoms with Crippen molar-refractivity contribution in [2.24, 2.45) is 18.9 Å². The summed E-state index contributed by atoms with van der Waals surface area (Å²) in [5.41, 5.74) is 2.23. The molecule has 0 bridgehead atoms. The number of likely N-dealkylation sites (tertiary alicyclic amines) is 1. The molecular weight excluding hydrogens is 388 g/mol. The number of ether oxygens (including phenoxy) is 1. The van der Waals surface area contributed by atoms with Gasteiger partial charge in [-0.15, -0.1) is 0 Å². The van der Waals surface area contributed by atoms with E-state index in [1.807, 2.05) is 24.0 Å². The van der Waals surface area contributed by atoms with Crippen molar-refractivity contribution in [3.63, 3.8) is 0 Å². The van der Waals surface area contributed by atoms with Crippen molar-refractivity contribution in [2.75, 3.05) is 32.8 Å². The molecule has 1 aromatic heterocycles. The maximum absolute atomic E-state index is 13.2. The first-order chi connectivity index (χ1) is 14.0. The average molecular weight is 417 g/mol. The fourth-order valence-electron chi connectivity index (χ4n) is 4.97. The van der Waals surface area contributed by atoms with Gasteiger partial charge in [0, 0.05) is 39.3 Å². The van der Waals surface area contributed by atoms with Crippen molar-refractivity contribution in [2.45, 2.75) is 30.7 Å². The van der Waals surface area contributed by atoms with E-state index in [-0.39, 0.29) is 0 Å². The van der Waals surface area contributed by atoms with Crippen LogP contribution >= 0.6 is 0 Å². The SMILES string of the molecule is Cn1nccc1CN1CC[C@@H]2CN(S(=O)(=O)c3ccc4c(c3)CCO4)C[C@@H]2CC1. The lowest BCUT2D eigenvalue weighted by atomic mass is 9.92. The third-order valence-electron chi connectivity index (χ3n) is 6.78. The molecule has 3 aliphatic rings.